The van der Waals surface area contributed by atoms with E-state index < -0.39 is 16.1 Å². The van der Waals surface area contributed by atoms with Crippen molar-refractivity contribution in [1.82, 2.24) is 35.0 Å². The van der Waals surface area contributed by atoms with Gasteiger partial charge in [-0.1, -0.05) is 18.2 Å². The molecule has 6 aliphatic heterocycles. The topological polar surface area (TPSA) is 182 Å². The number of rotatable bonds is 12. The van der Waals surface area contributed by atoms with Crippen LogP contribution in [0.4, 0.5) is 44.6 Å². The van der Waals surface area contributed by atoms with Crippen molar-refractivity contribution < 1.29 is 27.2 Å². The number of para-hydroxylation sites is 1. The fraction of sp³-hybridized carbons (Fsp3) is 0.460. The van der Waals surface area contributed by atoms with Gasteiger partial charge >= 0.3 is 0 Å². The lowest BCUT2D eigenvalue weighted by Gasteiger charge is -2.43. The van der Waals surface area contributed by atoms with Gasteiger partial charge in [0.25, 0.3) is 5.91 Å². The minimum absolute atomic E-state index is 0.126. The second-order valence-corrected chi connectivity index (χ2v) is 21.4. The van der Waals surface area contributed by atoms with Gasteiger partial charge in [0.1, 0.15) is 23.3 Å². The van der Waals surface area contributed by atoms with Gasteiger partial charge in [0.2, 0.25) is 27.8 Å². The van der Waals surface area contributed by atoms with E-state index in [9.17, 15) is 22.8 Å². The maximum atomic E-state index is 15.9. The van der Waals surface area contributed by atoms with E-state index in [-0.39, 0.29) is 35.9 Å². The van der Waals surface area contributed by atoms with Gasteiger partial charge in [-0.25, -0.2) is 12.8 Å². The number of imide groups is 1. The highest BCUT2D eigenvalue weighted by molar-refractivity contribution is 7.92. The van der Waals surface area contributed by atoms with Gasteiger partial charge in [-0.3, -0.25) is 28.9 Å². The first kappa shape index (κ1) is 45.2. The van der Waals surface area contributed by atoms with Gasteiger partial charge in [0.05, 0.1) is 28.7 Å². The molecule has 19 heteroatoms. The number of sulfonamides is 1. The predicted molar refractivity (Wildman–Crippen MR) is 264 cm³/mol. The van der Waals surface area contributed by atoms with Crippen molar-refractivity contribution in [3.63, 3.8) is 0 Å². The van der Waals surface area contributed by atoms with Gasteiger partial charge in [-0.2, -0.15) is 9.97 Å². The number of nitrogens with one attached hydrogen (secondary N) is 4. The monoisotopic (exact) mass is 958 g/mol. The number of hydrogen-bond donors (Lipinski definition) is 4. The van der Waals surface area contributed by atoms with Crippen LogP contribution in [-0.2, 0) is 32.6 Å². The fourth-order valence-corrected chi connectivity index (χ4v) is 12.4. The molecular weight excluding hydrogens is 900 g/mol. The zero-order chi connectivity index (χ0) is 47.4. The Morgan fingerprint density at radius 3 is 2.36 bits per heavy atom. The number of carbonyl (C=O) groups is 3. The van der Waals surface area contributed by atoms with Gasteiger partial charge in [-0.05, 0) is 111 Å². The number of nitrogens with zero attached hydrogens (tertiary/aromatic N) is 8. The van der Waals surface area contributed by atoms with E-state index in [1.54, 1.807) is 11.1 Å². The number of carbonyl (C=O) groups excluding carboxylic acids is 3. The molecule has 0 saturated carbocycles. The molecular formula is C50H59FN12O5S. The van der Waals surface area contributed by atoms with E-state index in [2.05, 4.69) is 51.6 Å². The molecule has 17 nitrogen and oxygen atoms in total. The Morgan fingerprint density at radius 2 is 1.59 bits per heavy atom. The van der Waals surface area contributed by atoms with Crippen LogP contribution >= 0.6 is 0 Å². The zero-order valence-electron chi connectivity index (χ0n) is 38.9. The third-order valence-corrected chi connectivity index (χ3v) is 16.5. The van der Waals surface area contributed by atoms with Crippen LogP contribution in [0, 0.1) is 11.7 Å². The van der Waals surface area contributed by atoms with Crippen molar-refractivity contribution in [2.24, 2.45) is 5.92 Å². The average Bonchev–Trinajstić information content (AvgIpc) is 4.10. The summed E-state index contributed by atoms with van der Waals surface area (Å²) in [6.07, 6.45) is 9.63. The molecule has 69 heavy (non-hydrogen) atoms. The highest BCUT2D eigenvalue weighted by Gasteiger charge is 2.40. The standard InChI is InChI=1S/C50H59FN12O5S/c1-69(67,68)63-24-15-33-3-2-4-41(45(33)63)54-47-38-11-18-52-46(38)56-50(57-47)53-35-6-8-42(40(51)29-35)61-22-16-36(17-23-61)60-27-25-58(26-28-60)19-12-32-13-20-59(21-14-32)37-7-5-34-31-62(49(66)39(34)30-37)43-9-10-44(64)55-48(43)65/h2-8,11,18,29-30,32,36,43H,9-10,12-17,19-28,31H2,1H3,(H,55,64,65)(H3,52,53,54,56,57). The van der Waals surface area contributed by atoms with Gasteiger partial charge in [0.15, 0.2) is 0 Å². The lowest BCUT2D eigenvalue weighted by Crippen LogP contribution is -2.53. The predicted octanol–water partition coefficient (Wildman–Crippen LogP) is 5.56. The molecule has 1 atom stereocenters. The SMILES string of the molecule is CS(=O)(=O)N1CCc2cccc(Nc3nc(Nc4ccc(N5CCC(N6CCN(CCC7CCN(c8ccc9c(c8)C(=O)N(C8CCC(=O)NC8=O)C9)CC7)CC6)CC5)c(F)c4)nc4[nH]ccc34)c21. The highest BCUT2D eigenvalue weighted by Crippen LogP contribution is 2.40. The largest absolute Gasteiger partial charge is 0.371 e. The van der Waals surface area contributed by atoms with Crippen LogP contribution in [0.2, 0.25) is 0 Å². The summed E-state index contributed by atoms with van der Waals surface area (Å²) in [4.78, 5) is 61.5. The normalized spacial score (nSPS) is 21.0. The molecule has 1 unspecified atom stereocenters. The lowest BCUT2D eigenvalue weighted by atomic mass is 9.92. The summed E-state index contributed by atoms with van der Waals surface area (Å²) >= 11 is 0. The number of H-pyrrole nitrogens is 1. The summed E-state index contributed by atoms with van der Waals surface area (Å²) < 4.78 is 42.5. The summed E-state index contributed by atoms with van der Waals surface area (Å²) in [6, 6.07) is 18.7. The maximum absolute atomic E-state index is 15.9. The van der Waals surface area contributed by atoms with E-state index in [0.29, 0.717) is 77.7 Å². The lowest BCUT2D eigenvalue weighted by molar-refractivity contribution is -0.136. The van der Waals surface area contributed by atoms with E-state index in [4.69, 9.17) is 4.98 Å². The van der Waals surface area contributed by atoms with Gasteiger partial charge < -0.3 is 35.2 Å². The molecule has 5 aromatic rings. The number of aromatic amines is 1. The number of hydrogen-bond acceptors (Lipinski definition) is 13. The second kappa shape index (κ2) is 18.5. The van der Waals surface area contributed by atoms with Gasteiger partial charge in [0, 0.05) is 101 Å². The number of amides is 3. The number of benzene rings is 3. The van der Waals surface area contributed by atoms with E-state index in [1.165, 1.54) is 23.0 Å². The molecule has 3 aromatic carbocycles. The smallest absolute Gasteiger partial charge is 0.255 e. The molecule has 6 aliphatic rings. The molecule has 0 aliphatic carbocycles. The van der Waals surface area contributed by atoms with Crippen LogP contribution in [0.1, 0.15) is 66.4 Å². The van der Waals surface area contributed by atoms with Crippen LogP contribution in [0.15, 0.2) is 66.9 Å². The average molecular weight is 959 g/mol. The molecule has 362 valence electrons. The summed E-state index contributed by atoms with van der Waals surface area (Å²) in [5.41, 5.74) is 6.55. The molecule has 4 N–H and O–H groups in total. The molecule has 4 fully saturated rings. The molecule has 0 bridgehead atoms. The van der Waals surface area contributed by atoms with Crippen molar-refractivity contribution in [1.29, 1.82) is 0 Å². The van der Waals surface area contributed by atoms with Crippen molar-refractivity contribution in [3.05, 3.63) is 89.4 Å². The molecule has 0 spiro atoms. The van der Waals surface area contributed by atoms with Crippen LogP contribution < -0.4 is 30.1 Å². The summed E-state index contributed by atoms with van der Waals surface area (Å²) in [5.74, 6) is 0.337. The number of fused-ring (bicyclic) bond motifs is 3. The molecule has 3 amide bonds. The number of aromatic nitrogens is 3. The van der Waals surface area contributed by atoms with Crippen LogP contribution in [0.3, 0.4) is 0 Å². The fourth-order valence-electron chi connectivity index (χ4n) is 11.5. The highest BCUT2D eigenvalue weighted by atomic mass is 32.2. The Hall–Kier alpha value is -6.31. The number of anilines is 7. The Morgan fingerprint density at radius 1 is 0.797 bits per heavy atom. The first-order valence-corrected chi connectivity index (χ1v) is 26.3. The molecule has 2 aromatic heterocycles. The van der Waals surface area contributed by atoms with E-state index in [0.717, 1.165) is 107 Å². The number of piperazine rings is 1. The third-order valence-electron chi connectivity index (χ3n) is 15.3. The molecule has 0 radical (unpaired) electrons. The number of halogens is 1. The third kappa shape index (κ3) is 9.19. The first-order chi connectivity index (χ1) is 33.4. The Balaban J connectivity index is 0.628. The Labute approximate surface area is 401 Å². The van der Waals surface area contributed by atoms with Crippen molar-refractivity contribution in [2.45, 2.75) is 70.0 Å². The Kier molecular flexibility index (Phi) is 12.1. The molecule has 4 saturated heterocycles. The van der Waals surface area contributed by atoms with Gasteiger partial charge in [-0.15, -0.1) is 0 Å². The van der Waals surface area contributed by atoms with Crippen molar-refractivity contribution in [2.75, 3.05) is 96.4 Å². The number of piperidine rings is 3. The quantitative estimate of drug-likeness (QED) is 0.114. The minimum Gasteiger partial charge on any atom is -0.371 e. The Bertz CT molecular complexity index is 2910. The zero-order valence-corrected chi connectivity index (χ0v) is 39.7. The second-order valence-electron chi connectivity index (χ2n) is 19.5. The van der Waals surface area contributed by atoms with E-state index in [1.807, 2.05) is 48.5 Å². The van der Waals surface area contributed by atoms with E-state index >= 15 is 4.39 Å². The van der Waals surface area contributed by atoms with Crippen LogP contribution in [-0.4, -0.2) is 140 Å². The van der Waals surface area contributed by atoms with Crippen molar-refractivity contribution >= 4 is 79.0 Å². The summed E-state index contributed by atoms with van der Waals surface area (Å²) in [6.45, 7) is 9.62. The summed E-state index contributed by atoms with van der Waals surface area (Å²) in [5, 5.41) is 9.67. The summed E-state index contributed by atoms with van der Waals surface area (Å²) in [7, 11) is -3.47. The molecule has 11 rings (SSSR count). The van der Waals surface area contributed by atoms with Crippen LogP contribution in [0.25, 0.3) is 11.0 Å². The maximum Gasteiger partial charge on any atom is 0.255 e. The molecule has 8 heterocycles. The van der Waals surface area contributed by atoms with Crippen molar-refractivity contribution in [3.8, 4) is 0 Å². The first-order valence-electron chi connectivity index (χ1n) is 24.4. The minimum atomic E-state index is -3.47. The van der Waals surface area contributed by atoms with Crippen LogP contribution in [0.5, 0.6) is 0 Å².